The molecule has 1 aromatic heterocycles. The first-order valence-corrected chi connectivity index (χ1v) is 8.45. The molecule has 0 bridgehead atoms. The third-order valence-electron chi connectivity index (χ3n) is 3.72. The van der Waals surface area contributed by atoms with Gasteiger partial charge in [-0.25, -0.2) is 4.98 Å². The standard InChI is InChI=1S/C19H19ClN2O3/c1-12-10-15(6-7-16(12)20)24-9-3-4-19(23)22-14-5-8-18-17(11-14)21-13(2)25-18/h5-8,10-11H,3-4,9H2,1-2H3,(H,22,23). The second-order valence-electron chi connectivity index (χ2n) is 5.83. The van der Waals surface area contributed by atoms with Crippen LogP contribution in [0.4, 0.5) is 5.69 Å². The smallest absolute Gasteiger partial charge is 0.224 e. The fraction of sp³-hybridized carbons (Fsp3) is 0.263. The highest BCUT2D eigenvalue weighted by Gasteiger charge is 2.07. The Bertz CT molecular complexity index is 905. The molecule has 0 atom stereocenters. The second-order valence-corrected chi connectivity index (χ2v) is 6.23. The van der Waals surface area contributed by atoms with Crippen LogP contribution < -0.4 is 10.1 Å². The molecule has 0 saturated heterocycles. The molecule has 0 spiro atoms. The number of amides is 1. The van der Waals surface area contributed by atoms with Crippen LogP contribution in [-0.2, 0) is 4.79 Å². The van der Waals surface area contributed by atoms with E-state index in [2.05, 4.69) is 10.3 Å². The summed E-state index contributed by atoms with van der Waals surface area (Å²) in [5, 5.41) is 3.58. The van der Waals surface area contributed by atoms with Gasteiger partial charge in [-0.15, -0.1) is 0 Å². The van der Waals surface area contributed by atoms with Crippen molar-refractivity contribution in [3.63, 3.8) is 0 Å². The van der Waals surface area contributed by atoms with Gasteiger partial charge < -0.3 is 14.5 Å². The van der Waals surface area contributed by atoms with Gasteiger partial charge >= 0.3 is 0 Å². The molecule has 0 radical (unpaired) electrons. The first-order chi connectivity index (χ1) is 12.0. The number of nitrogens with zero attached hydrogens (tertiary/aromatic N) is 1. The Balaban J connectivity index is 1.46. The molecule has 0 unspecified atom stereocenters. The Morgan fingerprint density at radius 1 is 1.24 bits per heavy atom. The molecule has 2 aromatic carbocycles. The maximum Gasteiger partial charge on any atom is 0.224 e. The summed E-state index contributed by atoms with van der Waals surface area (Å²) < 4.78 is 11.1. The Morgan fingerprint density at radius 2 is 2.08 bits per heavy atom. The maximum atomic E-state index is 12.0. The predicted molar refractivity (Wildman–Crippen MR) is 98.3 cm³/mol. The van der Waals surface area contributed by atoms with E-state index in [-0.39, 0.29) is 5.91 Å². The van der Waals surface area contributed by atoms with E-state index < -0.39 is 0 Å². The van der Waals surface area contributed by atoms with E-state index in [0.717, 1.165) is 16.8 Å². The number of carbonyl (C=O) groups is 1. The normalized spacial score (nSPS) is 10.8. The molecule has 1 heterocycles. The Labute approximate surface area is 151 Å². The van der Waals surface area contributed by atoms with Crippen molar-refractivity contribution in [3.8, 4) is 5.75 Å². The summed E-state index contributed by atoms with van der Waals surface area (Å²) in [6.45, 7) is 4.19. The van der Waals surface area contributed by atoms with E-state index in [1.807, 2.05) is 19.1 Å². The molecule has 0 aliphatic rings. The van der Waals surface area contributed by atoms with Crippen LogP contribution >= 0.6 is 11.6 Å². The van der Waals surface area contributed by atoms with Crippen molar-refractivity contribution in [1.29, 1.82) is 0 Å². The van der Waals surface area contributed by atoms with E-state index >= 15 is 0 Å². The maximum absolute atomic E-state index is 12.0. The number of benzene rings is 2. The van der Waals surface area contributed by atoms with Crippen LogP contribution in [0.2, 0.25) is 5.02 Å². The number of fused-ring (bicyclic) bond motifs is 1. The van der Waals surface area contributed by atoms with Gasteiger partial charge in [-0.2, -0.15) is 0 Å². The zero-order chi connectivity index (χ0) is 17.8. The van der Waals surface area contributed by atoms with Crippen molar-refractivity contribution < 1.29 is 13.9 Å². The Morgan fingerprint density at radius 3 is 2.88 bits per heavy atom. The number of halogens is 1. The summed E-state index contributed by atoms with van der Waals surface area (Å²) in [6, 6.07) is 10.9. The largest absolute Gasteiger partial charge is 0.494 e. The zero-order valence-electron chi connectivity index (χ0n) is 14.1. The van der Waals surface area contributed by atoms with Crippen molar-refractivity contribution in [2.24, 2.45) is 0 Å². The monoisotopic (exact) mass is 358 g/mol. The molecule has 6 heteroatoms. The number of oxazole rings is 1. The minimum absolute atomic E-state index is 0.0598. The predicted octanol–water partition coefficient (Wildman–Crippen LogP) is 4.90. The molecule has 0 saturated carbocycles. The summed E-state index contributed by atoms with van der Waals surface area (Å²) in [4.78, 5) is 16.3. The number of anilines is 1. The van der Waals surface area contributed by atoms with E-state index in [0.29, 0.717) is 41.6 Å². The summed E-state index contributed by atoms with van der Waals surface area (Å²) in [5.41, 5.74) is 3.12. The number of carbonyl (C=O) groups excluding carboxylic acids is 1. The molecule has 25 heavy (non-hydrogen) atoms. The van der Waals surface area contributed by atoms with E-state index in [4.69, 9.17) is 20.8 Å². The van der Waals surface area contributed by atoms with Crippen molar-refractivity contribution in [2.45, 2.75) is 26.7 Å². The van der Waals surface area contributed by atoms with Gasteiger partial charge in [0.25, 0.3) is 0 Å². The quantitative estimate of drug-likeness (QED) is 0.637. The fourth-order valence-electron chi connectivity index (χ4n) is 2.47. The summed E-state index contributed by atoms with van der Waals surface area (Å²) >= 11 is 5.98. The highest BCUT2D eigenvalue weighted by Crippen LogP contribution is 2.22. The van der Waals surface area contributed by atoms with Gasteiger partial charge in [0, 0.05) is 24.1 Å². The molecular formula is C19H19ClN2O3. The molecule has 1 N–H and O–H groups in total. The van der Waals surface area contributed by atoms with Gasteiger partial charge in [0.15, 0.2) is 11.5 Å². The number of rotatable bonds is 6. The third-order valence-corrected chi connectivity index (χ3v) is 4.15. The van der Waals surface area contributed by atoms with Crippen LogP contribution in [-0.4, -0.2) is 17.5 Å². The lowest BCUT2D eigenvalue weighted by atomic mass is 10.2. The molecule has 3 rings (SSSR count). The first kappa shape index (κ1) is 17.3. The average Bonchev–Trinajstić information content (AvgIpc) is 2.94. The lowest BCUT2D eigenvalue weighted by Crippen LogP contribution is -2.12. The topological polar surface area (TPSA) is 64.4 Å². The first-order valence-electron chi connectivity index (χ1n) is 8.07. The van der Waals surface area contributed by atoms with Gasteiger partial charge in [-0.05, 0) is 55.3 Å². The molecule has 130 valence electrons. The number of hydrogen-bond donors (Lipinski definition) is 1. The molecule has 0 aliphatic carbocycles. The number of aromatic nitrogens is 1. The molecule has 0 fully saturated rings. The number of aryl methyl sites for hydroxylation is 2. The number of hydrogen-bond acceptors (Lipinski definition) is 4. The summed E-state index contributed by atoms with van der Waals surface area (Å²) in [5.74, 6) is 1.30. The van der Waals surface area contributed by atoms with Crippen LogP contribution in [0.5, 0.6) is 5.75 Å². The zero-order valence-corrected chi connectivity index (χ0v) is 14.9. The molecule has 5 nitrogen and oxygen atoms in total. The minimum atomic E-state index is -0.0598. The highest BCUT2D eigenvalue weighted by atomic mass is 35.5. The number of ether oxygens (including phenoxy) is 1. The van der Waals surface area contributed by atoms with E-state index in [1.165, 1.54) is 0 Å². The lowest BCUT2D eigenvalue weighted by Gasteiger charge is -2.08. The molecule has 1 amide bonds. The molecular weight excluding hydrogens is 340 g/mol. The fourth-order valence-corrected chi connectivity index (χ4v) is 2.59. The number of nitrogens with one attached hydrogen (secondary N) is 1. The minimum Gasteiger partial charge on any atom is -0.494 e. The van der Waals surface area contributed by atoms with Crippen LogP contribution in [0.3, 0.4) is 0 Å². The van der Waals surface area contributed by atoms with Gasteiger partial charge in [0.2, 0.25) is 5.91 Å². The second kappa shape index (κ2) is 7.57. The Hall–Kier alpha value is -2.53. The van der Waals surface area contributed by atoms with Crippen molar-refractivity contribution in [3.05, 3.63) is 52.9 Å². The van der Waals surface area contributed by atoms with E-state index in [9.17, 15) is 4.79 Å². The lowest BCUT2D eigenvalue weighted by molar-refractivity contribution is -0.116. The third kappa shape index (κ3) is 4.51. The van der Waals surface area contributed by atoms with Crippen molar-refractivity contribution >= 4 is 34.3 Å². The van der Waals surface area contributed by atoms with Crippen LogP contribution in [0.25, 0.3) is 11.1 Å². The SMILES string of the molecule is Cc1nc2cc(NC(=O)CCCOc3ccc(Cl)c(C)c3)ccc2o1. The van der Waals surface area contributed by atoms with Gasteiger partial charge in [-0.3, -0.25) is 4.79 Å². The summed E-state index contributed by atoms with van der Waals surface area (Å²) in [6.07, 6.45) is 1.00. The molecule has 3 aromatic rings. The van der Waals surface area contributed by atoms with Crippen LogP contribution in [0.15, 0.2) is 40.8 Å². The van der Waals surface area contributed by atoms with Crippen LogP contribution in [0, 0.1) is 13.8 Å². The van der Waals surface area contributed by atoms with Crippen molar-refractivity contribution in [1.82, 2.24) is 4.98 Å². The van der Waals surface area contributed by atoms with Crippen molar-refractivity contribution in [2.75, 3.05) is 11.9 Å². The average molecular weight is 359 g/mol. The summed E-state index contributed by atoms with van der Waals surface area (Å²) in [7, 11) is 0. The van der Waals surface area contributed by atoms with Gasteiger partial charge in [0.05, 0.1) is 6.61 Å². The van der Waals surface area contributed by atoms with Gasteiger partial charge in [-0.1, -0.05) is 11.6 Å². The van der Waals surface area contributed by atoms with E-state index in [1.54, 1.807) is 31.2 Å². The van der Waals surface area contributed by atoms with Crippen LogP contribution in [0.1, 0.15) is 24.3 Å². The Kier molecular flexibility index (Phi) is 5.24. The molecule has 0 aliphatic heterocycles. The van der Waals surface area contributed by atoms with Gasteiger partial charge in [0.1, 0.15) is 11.3 Å². The highest BCUT2D eigenvalue weighted by molar-refractivity contribution is 6.31.